The Morgan fingerprint density at radius 1 is 1.19 bits per heavy atom. The van der Waals surface area contributed by atoms with Crippen molar-refractivity contribution in [2.75, 3.05) is 33.2 Å². The van der Waals surface area contributed by atoms with Crippen molar-refractivity contribution in [3.8, 4) is 0 Å². The minimum Gasteiger partial charge on any atom is -0.478 e. The summed E-state index contributed by atoms with van der Waals surface area (Å²) in [5.41, 5.74) is 1.62. The van der Waals surface area contributed by atoms with E-state index in [1.807, 2.05) is 12.1 Å². The van der Waals surface area contributed by atoms with Crippen LogP contribution in [0.4, 0.5) is 0 Å². The van der Waals surface area contributed by atoms with Crippen LogP contribution in [-0.4, -0.2) is 54.1 Å². The summed E-state index contributed by atoms with van der Waals surface area (Å²) in [6.07, 6.45) is 3.54. The molecule has 4 heteroatoms. The summed E-state index contributed by atoms with van der Waals surface area (Å²) in [6, 6.07) is 7.85. The number of carboxylic acid groups (broad SMARTS) is 1. The molecule has 21 heavy (non-hydrogen) atoms. The van der Waals surface area contributed by atoms with Crippen LogP contribution in [0.25, 0.3) is 0 Å². The number of aromatic carboxylic acids is 1. The van der Waals surface area contributed by atoms with Crippen molar-refractivity contribution < 1.29 is 9.90 Å². The number of piperazine rings is 1. The Bertz CT molecular complexity index is 450. The van der Waals surface area contributed by atoms with E-state index in [1.54, 1.807) is 12.1 Å². The lowest BCUT2D eigenvalue weighted by atomic mass is 9.97. The van der Waals surface area contributed by atoms with Gasteiger partial charge in [-0.15, -0.1) is 0 Å². The molecule has 116 valence electrons. The van der Waals surface area contributed by atoms with Crippen molar-refractivity contribution in [1.29, 1.82) is 0 Å². The van der Waals surface area contributed by atoms with E-state index in [1.165, 1.54) is 18.4 Å². The van der Waals surface area contributed by atoms with Crippen molar-refractivity contribution in [3.05, 3.63) is 35.4 Å². The predicted molar refractivity (Wildman–Crippen MR) is 84.7 cm³/mol. The number of hydrogen-bond acceptors (Lipinski definition) is 3. The number of unbranched alkanes of at least 4 members (excludes halogenated alkanes) is 1. The van der Waals surface area contributed by atoms with E-state index >= 15 is 0 Å². The van der Waals surface area contributed by atoms with Gasteiger partial charge in [0.05, 0.1) is 5.56 Å². The maximum Gasteiger partial charge on any atom is 0.335 e. The molecule has 1 aliphatic rings. The fourth-order valence-corrected chi connectivity index (χ4v) is 2.94. The van der Waals surface area contributed by atoms with Crippen LogP contribution < -0.4 is 0 Å². The van der Waals surface area contributed by atoms with Crippen molar-refractivity contribution >= 4 is 5.97 Å². The first-order valence-corrected chi connectivity index (χ1v) is 7.87. The van der Waals surface area contributed by atoms with Crippen molar-refractivity contribution in [1.82, 2.24) is 9.80 Å². The summed E-state index contributed by atoms with van der Waals surface area (Å²) in [6.45, 7) is 6.61. The highest BCUT2D eigenvalue weighted by Crippen LogP contribution is 2.27. The maximum atomic E-state index is 11.0. The summed E-state index contributed by atoms with van der Waals surface area (Å²) in [5.74, 6) is -0.855. The Kier molecular flexibility index (Phi) is 5.76. The fourth-order valence-electron chi connectivity index (χ4n) is 2.94. The molecule has 1 fully saturated rings. The van der Waals surface area contributed by atoms with Gasteiger partial charge in [-0.1, -0.05) is 31.9 Å². The van der Waals surface area contributed by atoms with E-state index in [9.17, 15) is 4.79 Å². The lowest BCUT2D eigenvalue weighted by Gasteiger charge is -2.38. The average molecular weight is 290 g/mol. The number of likely N-dealkylation sites (N-methyl/N-ethyl adjacent to an activating group) is 1. The second-order valence-electron chi connectivity index (χ2n) is 5.92. The van der Waals surface area contributed by atoms with Crippen LogP contribution in [0, 0.1) is 0 Å². The van der Waals surface area contributed by atoms with Gasteiger partial charge in [0.15, 0.2) is 0 Å². The smallest absolute Gasteiger partial charge is 0.335 e. The zero-order valence-corrected chi connectivity index (χ0v) is 13.1. The Balaban J connectivity index is 2.12. The van der Waals surface area contributed by atoms with E-state index in [2.05, 4.69) is 23.8 Å². The Hall–Kier alpha value is -1.39. The Labute approximate surface area is 127 Å². The first kappa shape index (κ1) is 16.0. The van der Waals surface area contributed by atoms with Crippen molar-refractivity contribution in [2.45, 2.75) is 32.2 Å². The molecule has 4 nitrogen and oxygen atoms in total. The Morgan fingerprint density at radius 2 is 1.81 bits per heavy atom. The van der Waals surface area contributed by atoms with E-state index in [0.717, 1.165) is 32.6 Å². The number of carbonyl (C=O) groups is 1. The molecular formula is C17H26N2O2. The molecule has 0 aromatic heterocycles. The summed E-state index contributed by atoms with van der Waals surface area (Å²) in [4.78, 5) is 15.9. The first-order valence-electron chi connectivity index (χ1n) is 7.87. The van der Waals surface area contributed by atoms with E-state index in [4.69, 9.17) is 5.11 Å². The van der Waals surface area contributed by atoms with Crippen molar-refractivity contribution in [3.63, 3.8) is 0 Å². The van der Waals surface area contributed by atoms with Gasteiger partial charge in [0.1, 0.15) is 0 Å². The summed E-state index contributed by atoms with van der Waals surface area (Å²) >= 11 is 0. The molecule has 1 aromatic rings. The third-order valence-electron chi connectivity index (χ3n) is 4.35. The van der Waals surface area contributed by atoms with Gasteiger partial charge in [-0.05, 0) is 31.2 Å². The van der Waals surface area contributed by atoms with E-state index < -0.39 is 5.97 Å². The SMILES string of the molecule is CCCCC(c1ccc(C(=O)O)cc1)N1CCN(C)CC1. The van der Waals surface area contributed by atoms with Crippen molar-refractivity contribution in [2.24, 2.45) is 0 Å². The standard InChI is InChI=1S/C17H26N2O2/c1-3-4-5-16(19-12-10-18(2)11-13-19)14-6-8-15(9-7-14)17(20)21/h6-9,16H,3-5,10-13H2,1-2H3,(H,20,21). The third kappa shape index (κ3) is 4.29. The average Bonchev–Trinajstić information content (AvgIpc) is 2.50. The highest BCUT2D eigenvalue weighted by molar-refractivity contribution is 5.87. The molecule has 0 bridgehead atoms. The van der Waals surface area contributed by atoms with Gasteiger partial charge < -0.3 is 10.0 Å². The maximum absolute atomic E-state index is 11.0. The van der Waals surface area contributed by atoms with Crippen LogP contribution in [0.3, 0.4) is 0 Å². The molecule has 0 aliphatic carbocycles. The van der Waals surface area contributed by atoms with Gasteiger partial charge in [-0.25, -0.2) is 4.79 Å². The van der Waals surface area contributed by atoms with Crippen LogP contribution in [-0.2, 0) is 0 Å². The molecule has 1 atom stereocenters. The molecule has 0 radical (unpaired) electrons. The van der Waals surface area contributed by atoms with Crippen LogP contribution in [0.5, 0.6) is 0 Å². The molecule has 1 heterocycles. The molecule has 1 unspecified atom stereocenters. The fraction of sp³-hybridized carbons (Fsp3) is 0.588. The normalized spacial score (nSPS) is 18.6. The minimum atomic E-state index is -0.855. The topological polar surface area (TPSA) is 43.8 Å². The summed E-state index contributed by atoms with van der Waals surface area (Å²) in [7, 11) is 2.17. The highest BCUT2D eigenvalue weighted by Gasteiger charge is 2.23. The van der Waals surface area contributed by atoms with Crippen LogP contribution in [0.1, 0.15) is 48.1 Å². The number of rotatable bonds is 6. The molecule has 0 amide bonds. The molecule has 2 rings (SSSR count). The number of carboxylic acids is 1. The number of hydrogen-bond donors (Lipinski definition) is 1. The van der Waals surface area contributed by atoms with Gasteiger partial charge >= 0.3 is 5.97 Å². The molecule has 1 aromatic carbocycles. The lowest BCUT2D eigenvalue weighted by Crippen LogP contribution is -2.45. The molecule has 1 saturated heterocycles. The van der Waals surface area contributed by atoms with E-state index in [-0.39, 0.29) is 0 Å². The summed E-state index contributed by atoms with van der Waals surface area (Å²) in [5, 5.41) is 9.02. The number of nitrogens with zero attached hydrogens (tertiary/aromatic N) is 2. The highest BCUT2D eigenvalue weighted by atomic mass is 16.4. The molecule has 1 aliphatic heterocycles. The molecule has 1 N–H and O–H groups in total. The van der Waals surface area contributed by atoms with Gasteiger partial charge in [0.25, 0.3) is 0 Å². The van der Waals surface area contributed by atoms with Gasteiger partial charge in [0.2, 0.25) is 0 Å². The summed E-state index contributed by atoms with van der Waals surface area (Å²) < 4.78 is 0. The molecule has 0 saturated carbocycles. The lowest BCUT2D eigenvalue weighted by molar-refractivity contribution is 0.0696. The van der Waals surface area contributed by atoms with E-state index in [0.29, 0.717) is 11.6 Å². The predicted octanol–water partition coefficient (Wildman–Crippen LogP) is 2.86. The second kappa shape index (κ2) is 7.57. The third-order valence-corrected chi connectivity index (χ3v) is 4.35. The monoisotopic (exact) mass is 290 g/mol. The van der Waals surface area contributed by atoms with Gasteiger partial charge in [-0.2, -0.15) is 0 Å². The number of benzene rings is 1. The van der Waals surface area contributed by atoms with Crippen LogP contribution >= 0.6 is 0 Å². The quantitative estimate of drug-likeness (QED) is 0.875. The molecular weight excluding hydrogens is 264 g/mol. The zero-order valence-electron chi connectivity index (χ0n) is 13.1. The van der Waals surface area contributed by atoms with Crippen LogP contribution in [0.15, 0.2) is 24.3 Å². The Morgan fingerprint density at radius 3 is 2.33 bits per heavy atom. The first-order chi connectivity index (χ1) is 10.1. The van der Waals surface area contributed by atoms with Crippen LogP contribution in [0.2, 0.25) is 0 Å². The minimum absolute atomic E-state index is 0.367. The zero-order chi connectivity index (χ0) is 15.2. The van der Waals surface area contributed by atoms with Gasteiger partial charge in [-0.3, -0.25) is 4.90 Å². The second-order valence-corrected chi connectivity index (χ2v) is 5.92. The molecule has 0 spiro atoms. The van der Waals surface area contributed by atoms with Gasteiger partial charge in [0, 0.05) is 32.2 Å². The largest absolute Gasteiger partial charge is 0.478 e.